The Morgan fingerprint density at radius 2 is 0.662 bits per heavy atom. The molecular weight excluding hydrogens is 970 g/mol. The van der Waals surface area contributed by atoms with E-state index in [-0.39, 0.29) is 43.7 Å². The molecule has 0 saturated heterocycles. The minimum atomic E-state index is -4.62. The summed E-state index contributed by atoms with van der Waals surface area (Å²) in [5, 5.41) is 2.06. The third kappa shape index (κ3) is 184. The summed E-state index contributed by atoms with van der Waals surface area (Å²) in [6, 6.07) is 0. The summed E-state index contributed by atoms with van der Waals surface area (Å²) in [5.74, 6) is 0. The number of nitrogens with one attached hydrogen (secondary N) is 1. The van der Waals surface area contributed by atoms with Crippen molar-refractivity contribution in [1.29, 1.82) is 0 Å². The Hall–Kier alpha value is -2.96. The van der Waals surface area contributed by atoms with Crippen molar-refractivity contribution in [2.75, 3.05) is 126 Å². The van der Waals surface area contributed by atoms with Crippen molar-refractivity contribution in [3.63, 3.8) is 0 Å². The number of rotatable bonds is 15. The van der Waals surface area contributed by atoms with Crippen LogP contribution in [0.1, 0.15) is 37.1 Å². The minimum Gasteiger partial charge on any atom is -0.444 e. The molecule has 11 N–H and O–H groups in total. The van der Waals surface area contributed by atoms with Gasteiger partial charge in [0.2, 0.25) is 13.9 Å². The van der Waals surface area contributed by atoms with E-state index < -0.39 is 77.5 Å². The maximum atomic E-state index is 11.7. The number of hydrogen-bond donors (Lipinski definition) is 6. The molecule has 0 aliphatic heterocycles. The van der Waals surface area contributed by atoms with Gasteiger partial charge >= 0.3 is 37.1 Å². The van der Waals surface area contributed by atoms with Crippen molar-refractivity contribution in [3.05, 3.63) is 0 Å². The average molecular weight is 1040 g/mol. The monoisotopic (exact) mass is 1040 g/mol. The van der Waals surface area contributed by atoms with Gasteiger partial charge in [-0.2, -0.15) is 62.6 Å². The Balaban J connectivity index is -0.0000000383. The van der Waals surface area contributed by atoms with Gasteiger partial charge in [-0.25, -0.2) is 35.9 Å². The molecule has 65 heavy (non-hydrogen) atoms. The summed E-state index contributed by atoms with van der Waals surface area (Å²) < 4.78 is 232. The van der Waals surface area contributed by atoms with Crippen molar-refractivity contribution < 1.29 is 121 Å². The van der Waals surface area contributed by atoms with Gasteiger partial charge in [0.15, 0.2) is 26.6 Å². The summed E-state index contributed by atoms with van der Waals surface area (Å²) in [4.78, 5) is 27.5. The van der Waals surface area contributed by atoms with Crippen molar-refractivity contribution in [2.45, 2.75) is 61.8 Å². The average Bonchev–Trinajstić information content (AvgIpc) is 3.09. The zero-order valence-corrected chi connectivity index (χ0v) is 31.4. The zero-order valence-electron chi connectivity index (χ0n) is 31.4. The van der Waals surface area contributed by atoms with Crippen LogP contribution in [0.25, 0.3) is 0 Å². The Kier molecular flexibility index (Phi) is 112. The lowest BCUT2D eigenvalue weighted by atomic mass is 10.4. The standard InChI is InChI=1S/C7H17FN4O.C6H18N4.2C2H2F4O.2C2H2F4.C2H3FO2.2CH2F2.5CH4/c8-7(13)11-3-6-12(4-1-9)5-2-10;7-1-4-10(5-2-8)6-3-9;2*3-2(4,5)1-7-6;2*3-1-2(4,5)6;1-5-2(3)4;2*2-1-3;;;;;/h1-6,9-10H2,(H,11,13);1-9H2;2*1H2;2*1H2;1H3;2*1H2;5*1H4. The first-order valence-corrected chi connectivity index (χ1v) is 15.1. The van der Waals surface area contributed by atoms with E-state index in [9.17, 15) is 102 Å². The highest BCUT2D eigenvalue weighted by Gasteiger charge is 2.29. The van der Waals surface area contributed by atoms with E-state index in [0.29, 0.717) is 52.4 Å². The smallest absolute Gasteiger partial charge is 0.444 e. The van der Waals surface area contributed by atoms with Gasteiger partial charge < -0.3 is 38.7 Å². The molecule has 0 unspecified atom stereocenters. The van der Waals surface area contributed by atoms with E-state index in [1.165, 1.54) is 0 Å². The van der Waals surface area contributed by atoms with Gasteiger partial charge in [0.05, 0.1) is 7.11 Å². The van der Waals surface area contributed by atoms with Gasteiger partial charge in [-0.05, 0) is 9.05 Å². The molecule has 0 atom stereocenters. The van der Waals surface area contributed by atoms with Crippen LogP contribution in [0, 0.1) is 0 Å². The van der Waals surface area contributed by atoms with E-state index in [4.69, 9.17) is 33.5 Å². The first kappa shape index (κ1) is 100. The van der Waals surface area contributed by atoms with Gasteiger partial charge in [-0.3, -0.25) is 9.80 Å². The fourth-order valence-corrected chi connectivity index (χ4v) is 2.02. The maximum absolute atomic E-state index is 11.7. The summed E-state index contributed by atoms with van der Waals surface area (Å²) in [7, 11) is 0.975. The number of amides is 1. The molecule has 35 heteroatoms. The van der Waals surface area contributed by atoms with E-state index in [0.717, 1.165) is 26.7 Å². The van der Waals surface area contributed by atoms with Crippen LogP contribution in [0.5, 0.6) is 0 Å². The van der Waals surface area contributed by atoms with E-state index in [2.05, 4.69) is 24.8 Å². The van der Waals surface area contributed by atoms with Crippen LogP contribution in [-0.2, 0) is 14.6 Å². The van der Waals surface area contributed by atoms with Gasteiger partial charge in [0.25, 0.3) is 0 Å². The Bertz CT molecular complexity index is 780. The molecule has 0 radical (unpaired) electrons. The van der Waals surface area contributed by atoms with E-state index >= 15 is 0 Å². The second-order valence-corrected chi connectivity index (χ2v) is 8.71. The summed E-state index contributed by atoms with van der Waals surface area (Å²) in [6.45, 7) is -3.54. The molecule has 0 heterocycles. The highest BCUT2D eigenvalue weighted by Crippen LogP contribution is 2.15. The number of carbonyl (C=O) groups excluding carboxylic acids is 2. The van der Waals surface area contributed by atoms with Crippen LogP contribution in [0.2, 0.25) is 0 Å². The Morgan fingerprint density at radius 1 is 0.477 bits per heavy atom. The normalized spacial score (nSPS) is 9.63. The molecule has 0 aliphatic carbocycles. The number of alkyl halides is 18. The third-order valence-electron chi connectivity index (χ3n) is 3.82. The van der Waals surface area contributed by atoms with Crippen LogP contribution in [0.4, 0.5) is 106 Å². The molecule has 0 aliphatic rings. The molecule has 0 aromatic rings. The maximum Gasteiger partial charge on any atom is 0.495 e. The third-order valence-corrected chi connectivity index (χ3v) is 3.82. The number of methoxy groups -OCH3 is 1. The largest absolute Gasteiger partial charge is 0.495 e. The fraction of sp³-hybridized carbons (Fsp3) is 0.933. The van der Waals surface area contributed by atoms with Crippen molar-refractivity contribution >= 4 is 12.4 Å². The number of carbonyl (C=O) groups is 2. The SMILES string of the molecule is C.C.C.C.C.COC(=O)F.FCC(F)(F)F.FCC(F)(F)F.FCF.FCF.FOCC(F)(F)F.FOCC(F)(F)F.NCCN(CCN)CCN.NCCN(CCN)CCNC(=O)F. The zero-order chi connectivity index (χ0) is 49.9. The number of nitrogens with two attached hydrogens (primary N) is 5. The van der Waals surface area contributed by atoms with Gasteiger partial charge in [-0.1, -0.05) is 37.1 Å². The molecular formula is C30H70F22N8O5. The van der Waals surface area contributed by atoms with Crippen LogP contribution >= 0.6 is 0 Å². The topological polar surface area (TPSA) is 210 Å². The van der Waals surface area contributed by atoms with Crippen LogP contribution in [0.3, 0.4) is 0 Å². The second kappa shape index (κ2) is 72.6. The molecule has 13 nitrogen and oxygen atoms in total. The quantitative estimate of drug-likeness (QED) is 0.0517. The number of hydrogen-bond acceptors (Lipinski definition) is 12. The second-order valence-electron chi connectivity index (χ2n) is 8.71. The molecule has 0 fully saturated rings. The first-order valence-electron chi connectivity index (χ1n) is 15.1. The van der Waals surface area contributed by atoms with Crippen LogP contribution in [0.15, 0.2) is 0 Å². The summed E-state index contributed by atoms with van der Waals surface area (Å²) in [6.07, 6.45) is -21.6. The van der Waals surface area contributed by atoms with Crippen LogP contribution in [-0.4, -0.2) is 173 Å². The highest BCUT2D eigenvalue weighted by molar-refractivity contribution is 5.65. The predicted molar refractivity (Wildman–Crippen MR) is 204 cm³/mol. The highest BCUT2D eigenvalue weighted by atomic mass is 19.4. The molecule has 414 valence electrons. The molecule has 1 amide bonds. The van der Waals surface area contributed by atoms with E-state index in [1.54, 1.807) is 0 Å². The molecule has 0 bridgehead atoms. The van der Waals surface area contributed by atoms with E-state index in [1.807, 2.05) is 4.90 Å². The van der Waals surface area contributed by atoms with Crippen molar-refractivity contribution in [1.82, 2.24) is 15.1 Å². The van der Waals surface area contributed by atoms with Crippen LogP contribution < -0.4 is 34.0 Å². The van der Waals surface area contributed by atoms with Gasteiger partial charge in [0, 0.05) is 78.5 Å². The van der Waals surface area contributed by atoms with Gasteiger partial charge in [0.1, 0.15) is 0 Å². The lowest BCUT2D eigenvalue weighted by Crippen LogP contribution is -2.39. The molecule has 0 spiro atoms. The molecule has 0 saturated carbocycles. The molecule has 0 aromatic heterocycles. The number of nitrogens with zero attached hydrogens (tertiary/aromatic N) is 2. The summed E-state index contributed by atoms with van der Waals surface area (Å²) >= 11 is 0. The lowest BCUT2D eigenvalue weighted by Gasteiger charge is -2.19. The number of halogens is 22. The Labute approximate surface area is 365 Å². The summed E-state index contributed by atoms with van der Waals surface area (Å²) in [5.41, 5.74) is 26.8. The molecule has 0 rings (SSSR count). The fourth-order valence-electron chi connectivity index (χ4n) is 2.02. The predicted octanol–water partition coefficient (Wildman–Crippen LogP) is 8.65. The first-order chi connectivity index (χ1) is 27.4. The molecule has 0 aromatic carbocycles. The van der Waals surface area contributed by atoms with Crippen molar-refractivity contribution in [2.24, 2.45) is 28.7 Å². The Morgan fingerprint density at radius 3 is 0.754 bits per heavy atom. The lowest BCUT2D eigenvalue weighted by molar-refractivity contribution is -0.245. The van der Waals surface area contributed by atoms with Crippen molar-refractivity contribution in [3.8, 4) is 0 Å². The van der Waals surface area contributed by atoms with Gasteiger partial charge in [-0.15, -0.1) is 8.78 Å². The number of ether oxygens (including phenoxy) is 1. The minimum absolute atomic E-state index is 0.